The van der Waals surface area contributed by atoms with Gasteiger partial charge in [-0.25, -0.2) is 0 Å². The summed E-state index contributed by atoms with van der Waals surface area (Å²) in [5, 5.41) is 4.45. The first kappa shape index (κ1) is 13.9. The summed E-state index contributed by atoms with van der Waals surface area (Å²) in [6.45, 7) is 4.25. The SMILES string of the molecule is CCc1cc(CC(CC)(CCl)CCl)n(C)n1. The predicted octanol–water partition coefficient (Wildman–Crippen LogP) is 3.40. The van der Waals surface area contributed by atoms with E-state index in [2.05, 4.69) is 25.0 Å². The van der Waals surface area contributed by atoms with Crippen LogP contribution in [0, 0.1) is 5.41 Å². The Morgan fingerprint density at radius 2 is 1.94 bits per heavy atom. The van der Waals surface area contributed by atoms with Crippen molar-refractivity contribution in [2.45, 2.75) is 33.1 Å². The van der Waals surface area contributed by atoms with Gasteiger partial charge < -0.3 is 0 Å². The molecule has 0 atom stereocenters. The van der Waals surface area contributed by atoms with Gasteiger partial charge in [0.15, 0.2) is 0 Å². The van der Waals surface area contributed by atoms with Crippen LogP contribution in [-0.2, 0) is 19.9 Å². The Morgan fingerprint density at radius 1 is 1.31 bits per heavy atom. The predicted molar refractivity (Wildman–Crippen MR) is 70.5 cm³/mol. The van der Waals surface area contributed by atoms with Gasteiger partial charge in [-0.15, -0.1) is 23.2 Å². The Labute approximate surface area is 108 Å². The third-order valence-corrected chi connectivity index (χ3v) is 4.40. The quantitative estimate of drug-likeness (QED) is 0.719. The van der Waals surface area contributed by atoms with Gasteiger partial charge in [0.05, 0.1) is 5.69 Å². The maximum atomic E-state index is 6.05. The monoisotopic (exact) mass is 262 g/mol. The van der Waals surface area contributed by atoms with Crippen LogP contribution in [-0.4, -0.2) is 21.5 Å². The van der Waals surface area contributed by atoms with E-state index in [1.165, 1.54) is 5.69 Å². The van der Waals surface area contributed by atoms with Gasteiger partial charge in [0.2, 0.25) is 0 Å². The van der Waals surface area contributed by atoms with Crippen molar-refractivity contribution in [1.29, 1.82) is 0 Å². The second kappa shape index (κ2) is 5.92. The van der Waals surface area contributed by atoms with E-state index in [0.29, 0.717) is 11.8 Å². The first-order valence-electron chi connectivity index (χ1n) is 5.74. The van der Waals surface area contributed by atoms with Crippen LogP contribution in [0.25, 0.3) is 0 Å². The maximum absolute atomic E-state index is 6.05. The molecule has 0 saturated heterocycles. The Kier molecular flexibility index (Phi) is 5.13. The number of halogens is 2. The van der Waals surface area contributed by atoms with Crippen LogP contribution in [0.5, 0.6) is 0 Å². The van der Waals surface area contributed by atoms with E-state index in [-0.39, 0.29) is 5.41 Å². The van der Waals surface area contributed by atoms with Crippen LogP contribution in [0.15, 0.2) is 6.07 Å². The van der Waals surface area contributed by atoms with Crippen LogP contribution in [0.3, 0.4) is 0 Å². The molecule has 4 heteroatoms. The number of nitrogens with zero attached hydrogens (tertiary/aromatic N) is 2. The first-order chi connectivity index (χ1) is 7.60. The zero-order chi connectivity index (χ0) is 12.2. The summed E-state index contributed by atoms with van der Waals surface area (Å²) < 4.78 is 1.95. The molecule has 0 aliphatic carbocycles. The molecule has 1 aromatic rings. The third-order valence-electron chi connectivity index (χ3n) is 3.26. The highest BCUT2D eigenvalue weighted by Crippen LogP contribution is 2.30. The minimum atomic E-state index is 0.00190. The molecule has 0 aliphatic heterocycles. The van der Waals surface area contributed by atoms with E-state index in [9.17, 15) is 0 Å². The molecular formula is C12H20Cl2N2. The third kappa shape index (κ3) is 2.92. The highest BCUT2D eigenvalue weighted by molar-refractivity contribution is 6.21. The summed E-state index contributed by atoms with van der Waals surface area (Å²) in [4.78, 5) is 0. The molecule has 1 heterocycles. The van der Waals surface area contributed by atoms with Crippen molar-refractivity contribution in [3.05, 3.63) is 17.5 Å². The number of alkyl halides is 2. The Hall–Kier alpha value is -0.210. The smallest absolute Gasteiger partial charge is 0.0624 e. The van der Waals surface area contributed by atoms with Crippen LogP contribution < -0.4 is 0 Å². The average Bonchev–Trinajstić information content (AvgIpc) is 2.67. The molecule has 2 nitrogen and oxygen atoms in total. The van der Waals surface area contributed by atoms with Gasteiger partial charge in [-0.05, 0) is 25.3 Å². The minimum Gasteiger partial charge on any atom is -0.272 e. The van der Waals surface area contributed by atoms with Gasteiger partial charge >= 0.3 is 0 Å². The largest absolute Gasteiger partial charge is 0.272 e. The number of aromatic nitrogens is 2. The lowest BCUT2D eigenvalue weighted by atomic mass is 9.84. The summed E-state index contributed by atoms with van der Waals surface area (Å²) in [7, 11) is 1.98. The minimum absolute atomic E-state index is 0.00190. The molecule has 0 N–H and O–H groups in total. The summed E-state index contributed by atoms with van der Waals surface area (Å²) in [5.74, 6) is 1.19. The molecule has 0 bridgehead atoms. The number of aryl methyl sites for hydroxylation is 2. The lowest BCUT2D eigenvalue weighted by molar-refractivity contribution is 0.352. The molecule has 0 spiro atoms. The van der Waals surface area contributed by atoms with Gasteiger partial charge in [0.25, 0.3) is 0 Å². The van der Waals surface area contributed by atoms with Gasteiger partial charge in [0, 0.05) is 29.9 Å². The Bertz CT molecular complexity index is 321. The Balaban J connectivity index is 2.88. The first-order valence-corrected chi connectivity index (χ1v) is 6.81. The summed E-state index contributed by atoms with van der Waals surface area (Å²) in [6, 6.07) is 2.16. The topological polar surface area (TPSA) is 17.8 Å². The lowest BCUT2D eigenvalue weighted by Gasteiger charge is -2.27. The average molecular weight is 263 g/mol. The molecule has 0 fully saturated rings. The van der Waals surface area contributed by atoms with E-state index in [0.717, 1.165) is 25.0 Å². The van der Waals surface area contributed by atoms with E-state index in [4.69, 9.17) is 23.2 Å². The number of hydrogen-bond donors (Lipinski definition) is 0. The van der Waals surface area contributed by atoms with Crippen molar-refractivity contribution in [3.63, 3.8) is 0 Å². The van der Waals surface area contributed by atoms with Crippen molar-refractivity contribution in [3.8, 4) is 0 Å². The molecule has 1 aromatic heterocycles. The molecule has 0 amide bonds. The fraction of sp³-hybridized carbons (Fsp3) is 0.750. The zero-order valence-electron chi connectivity index (χ0n) is 10.3. The number of rotatable bonds is 6. The zero-order valence-corrected chi connectivity index (χ0v) is 11.8. The van der Waals surface area contributed by atoms with Crippen molar-refractivity contribution < 1.29 is 0 Å². The molecule has 0 saturated carbocycles. The van der Waals surface area contributed by atoms with Crippen LogP contribution in [0.1, 0.15) is 31.7 Å². The van der Waals surface area contributed by atoms with Gasteiger partial charge in [-0.2, -0.15) is 5.10 Å². The summed E-state index contributed by atoms with van der Waals surface area (Å²) >= 11 is 12.1. The molecular weight excluding hydrogens is 243 g/mol. The molecule has 16 heavy (non-hydrogen) atoms. The highest BCUT2D eigenvalue weighted by Gasteiger charge is 2.28. The summed E-state index contributed by atoms with van der Waals surface area (Å²) in [6.07, 6.45) is 2.86. The highest BCUT2D eigenvalue weighted by atomic mass is 35.5. The fourth-order valence-electron chi connectivity index (χ4n) is 1.74. The fourth-order valence-corrected chi connectivity index (χ4v) is 2.59. The van der Waals surface area contributed by atoms with Crippen molar-refractivity contribution in [2.75, 3.05) is 11.8 Å². The number of hydrogen-bond acceptors (Lipinski definition) is 1. The maximum Gasteiger partial charge on any atom is 0.0624 e. The van der Waals surface area contributed by atoms with E-state index in [1.807, 2.05) is 11.7 Å². The molecule has 0 aliphatic rings. The molecule has 92 valence electrons. The van der Waals surface area contributed by atoms with Crippen LogP contribution in [0.4, 0.5) is 0 Å². The molecule has 0 radical (unpaired) electrons. The second-order valence-corrected chi connectivity index (χ2v) is 4.94. The standard InChI is InChI=1S/C12H20Cl2N2/c1-4-10-6-11(16(3)15-10)7-12(5-2,8-13)9-14/h6H,4-5,7-9H2,1-3H3. The van der Waals surface area contributed by atoms with E-state index >= 15 is 0 Å². The van der Waals surface area contributed by atoms with Crippen molar-refractivity contribution >= 4 is 23.2 Å². The molecule has 1 rings (SSSR count). The molecule has 0 unspecified atom stereocenters. The van der Waals surface area contributed by atoms with Crippen molar-refractivity contribution in [1.82, 2.24) is 9.78 Å². The van der Waals surface area contributed by atoms with Gasteiger partial charge in [-0.1, -0.05) is 13.8 Å². The molecule has 0 aromatic carbocycles. The van der Waals surface area contributed by atoms with Gasteiger partial charge in [-0.3, -0.25) is 4.68 Å². The Morgan fingerprint density at radius 3 is 2.31 bits per heavy atom. The van der Waals surface area contributed by atoms with Crippen LogP contribution >= 0.6 is 23.2 Å². The second-order valence-electron chi connectivity index (χ2n) is 4.40. The lowest BCUT2D eigenvalue weighted by Crippen LogP contribution is -2.28. The summed E-state index contributed by atoms with van der Waals surface area (Å²) in [5.41, 5.74) is 2.36. The van der Waals surface area contributed by atoms with Gasteiger partial charge in [0.1, 0.15) is 0 Å². The van der Waals surface area contributed by atoms with Crippen LogP contribution in [0.2, 0.25) is 0 Å². The normalized spacial score (nSPS) is 12.1. The van der Waals surface area contributed by atoms with Crippen molar-refractivity contribution in [2.24, 2.45) is 12.5 Å². The van der Waals surface area contributed by atoms with E-state index < -0.39 is 0 Å². The van der Waals surface area contributed by atoms with E-state index in [1.54, 1.807) is 0 Å².